The molecule has 2 aromatic carbocycles. The van der Waals surface area contributed by atoms with Crippen LogP contribution in [0.2, 0.25) is 5.02 Å². The highest BCUT2D eigenvalue weighted by atomic mass is 35.5. The summed E-state index contributed by atoms with van der Waals surface area (Å²) in [5.74, 6) is -0.219. The number of aliphatic imine (C=N–C) groups is 1. The van der Waals surface area contributed by atoms with E-state index in [1.807, 2.05) is 14.1 Å². The Labute approximate surface area is 163 Å². The molecule has 7 nitrogen and oxygen atoms in total. The van der Waals surface area contributed by atoms with Crippen molar-refractivity contribution >= 4 is 44.7 Å². The number of carbonyl (C=O) groups is 1. The normalized spacial score (nSPS) is 17.1. The maximum atomic E-state index is 12.6. The Kier molecular flexibility index (Phi) is 5.12. The van der Waals surface area contributed by atoms with Crippen LogP contribution in [0.1, 0.15) is 12.5 Å². The number of amidine groups is 1. The van der Waals surface area contributed by atoms with E-state index in [1.54, 1.807) is 48.2 Å². The molecule has 1 aliphatic heterocycles. The molecule has 1 heterocycles. The number of hydrogen-bond donors (Lipinski definition) is 2. The molecule has 0 spiro atoms. The van der Waals surface area contributed by atoms with Crippen LogP contribution in [0.25, 0.3) is 0 Å². The second kappa shape index (κ2) is 7.21. The molecule has 0 saturated heterocycles. The van der Waals surface area contributed by atoms with E-state index in [2.05, 4.69) is 15.0 Å². The van der Waals surface area contributed by atoms with Crippen molar-refractivity contribution in [2.75, 3.05) is 24.3 Å². The predicted molar refractivity (Wildman–Crippen MR) is 107 cm³/mol. The van der Waals surface area contributed by atoms with Gasteiger partial charge in [0.2, 0.25) is 5.91 Å². The Bertz CT molecular complexity index is 1030. The van der Waals surface area contributed by atoms with E-state index in [4.69, 9.17) is 11.6 Å². The van der Waals surface area contributed by atoms with Crippen molar-refractivity contribution in [3.8, 4) is 0 Å². The molecule has 0 saturated carbocycles. The molecule has 2 aromatic rings. The molecule has 0 aliphatic carbocycles. The number of para-hydroxylation sites is 1. The average Bonchev–Trinajstić information content (AvgIpc) is 2.85. The fraction of sp³-hybridized carbons (Fsp3) is 0.222. The first kappa shape index (κ1) is 19.2. The van der Waals surface area contributed by atoms with Gasteiger partial charge in [-0.15, -0.1) is 0 Å². The number of sulfonamides is 1. The Morgan fingerprint density at radius 1 is 1.19 bits per heavy atom. The van der Waals surface area contributed by atoms with E-state index >= 15 is 0 Å². The van der Waals surface area contributed by atoms with Gasteiger partial charge in [0.15, 0.2) is 0 Å². The Morgan fingerprint density at radius 2 is 1.89 bits per heavy atom. The Morgan fingerprint density at radius 3 is 2.59 bits per heavy atom. The molecule has 142 valence electrons. The molecule has 9 heteroatoms. The summed E-state index contributed by atoms with van der Waals surface area (Å²) in [6.45, 7) is 1.59. The molecular formula is C18H19ClN4O3S. The van der Waals surface area contributed by atoms with Gasteiger partial charge in [-0.1, -0.05) is 29.8 Å². The lowest BCUT2D eigenvalue weighted by atomic mass is 10.2. The van der Waals surface area contributed by atoms with Crippen molar-refractivity contribution in [3.05, 3.63) is 53.1 Å². The van der Waals surface area contributed by atoms with Crippen molar-refractivity contribution in [2.45, 2.75) is 17.9 Å². The van der Waals surface area contributed by atoms with Crippen molar-refractivity contribution in [1.29, 1.82) is 0 Å². The molecule has 1 amide bonds. The van der Waals surface area contributed by atoms with E-state index in [0.717, 1.165) is 0 Å². The van der Waals surface area contributed by atoms with Crippen LogP contribution >= 0.6 is 11.6 Å². The lowest BCUT2D eigenvalue weighted by molar-refractivity contribution is -0.117. The number of hydrogen-bond acceptors (Lipinski definition) is 5. The van der Waals surface area contributed by atoms with Crippen LogP contribution in [-0.4, -0.2) is 40.3 Å². The number of nitrogens with one attached hydrogen (secondary N) is 2. The summed E-state index contributed by atoms with van der Waals surface area (Å²) in [5.41, 5.74) is 1.69. The fourth-order valence-electron chi connectivity index (χ4n) is 2.79. The number of benzene rings is 2. The monoisotopic (exact) mass is 406 g/mol. The first-order chi connectivity index (χ1) is 12.7. The molecule has 0 aromatic heterocycles. The van der Waals surface area contributed by atoms with Gasteiger partial charge in [0, 0.05) is 19.7 Å². The molecule has 0 fully saturated rings. The number of carbonyl (C=O) groups excluding carboxylic acids is 1. The van der Waals surface area contributed by atoms with E-state index < -0.39 is 16.1 Å². The highest BCUT2D eigenvalue weighted by molar-refractivity contribution is 7.90. The number of nitrogens with zero attached hydrogens (tertiary/aromatic N) is 2. The summed E-state index contributed by atoms with van der Waals surface area (Å²) in [5, 5.41) is 3.31. The number of rotatable bonds is 4. The van der Waals surface area contributed by atoms with Gasteiger partial charge in [0.05, 0.1) is 21.3 Å². The van der Waals surface area contributed by atoms with E-state index in [-0.39, 0.29) is 16.6 Å². The molecule has 2 N–H and O–H groups in total. The third-order valence-electron chi connectivity index (χ3n) is 4.06. The fourth-order valence-corrected chi connectivity index (χ4v) is 4.37. The predicted octanol–water partition coefficient (Wildman–Crippen LogP) is 2.47. The van der Waals surface area contributed by atoms with Crippen molar-refractivity contribution < 1.29 is 13.2 Å². The van der Waals surface area contributed by atoms with E-state index in [9.17, 15) is 13.2 Å². The van der Waals surface area contributed by atoms with Crippen molar-refractivity contribution in [3.63, 3.8) is 0 Å². The molecule has 27 heavy (non-hydrogen) atoms. The van der Waals surface area contributed by atoms with Crippen molar-refractivity contribution in [1.82, 2.24) is 4.72 Å². The minimum absolute atomic E-state index is 0.154. The average molecular weight is 407 g/mol. The summed E-state index contributed by atoms with van der Waals surface area (Å²) >= 11 is 6.22. The van der Waals surface area contributed by atoms with Gasteiger partial charge in [-0.3, -0.25) is 14.5 Å². The lowest BCUT2D eigenvalue weighted by Gasteiger charge is -2.20. The summed E-state index contributed by atoms with van der Waals surface area (Å²) < 4.78 is 26.7. The van der Waals surface area contributed by atoms with Gasteiger partial charge in [-0.25, -0.2) is 8.42 Å². The van der Waals surface area contributed by atoms with Crippen LogP contribution in [-0.2, 0) is 14.8 Å². The molecule has 0 radical (unpaired) electrons. The maximum Gasteiger partial charge on any atom is 0.263 e. The number of halogens is 1. The quantitative estimate of drug-likeness (QED) is 0.816. The van der Waals surface area contributed by atoms with Crippen LogP contribution < -0.4 is 14.9 Å². The lowest BCUT2D eigenvalue weighted by Crippen LogP contribution is -2.29. The zero-order valence-corrected chi connectivity index (χ0v) is 16.6. The number of fused-ring (bicyclic) bond motifs is 1. The maximum absolute atomic E-state index is 12.6. The molecular weight excluding hydrogens is 388 g/mol. The molecule has 0 bridgehead atoms. The van der Waals surface area contributed by atoms with Gasteiger partial charge < -0.3 is 10.2 Å². The van der Waals surface area contributed by atoms with Crippen LogP contribution in [0, 0.1) is 0 Å². The molecule has 0 unspecified atom stereocenters. The van der Waals surface area contributed by atoms with E-state index in [0.29, 0.717) is 22.0 Å². The highest BCUT2D eigenvalue weighted by Gasteiger charge is 2.31. The third kappa shape index (κ3) is 3.77. The van der Waals surface area contributed by atoms with Crippen LogP contribution in [0.5, 0.6) is 0 Å². The van der Waals surface area contributed by atoms with Crippen LogP contribution in [0.15, 0.2) is 52.4 Å². The zero-order chi connectivity index (χ0) is 19.8. The smallest absolute Gasteiger partial charge is 0.263 e. The minimum Gasteiger partial charge on any atom is -0.375 e. The van der Waals surface area contributed by atoms with Gasteiger partial charge >= 0.3 is 0 Å². The van der Waals surface area contributed by atoms with Crippen molar-refractivity contribution in [2.24, 2.45) is 4.99 Å². The van der Waals surface area contributed by atoms with Crippen LogP contribution in [0.4, 0.5) is 11.4 Å². The second-order valence-corrected chi connectivity index (χ2v) is 8.33. The zero-order valence-electron chi connectivity index (χ0n) is 15.0. The summed E-state index contributed by atoms with van der Waals surface area (Å²) in [7, 11) is 0.00318. The summed E-state index contributed by atoms with van der Waals surface area (Å²) in [6, 6.07) is 10.9. The number of amides is 1. The summed E-state index contributed by atoms with van der Waals surface area (Å²) in [6.07, 6.45) is 0. The standard InChI is InChI=1S/C18H19ClN4O3S/c1-11(18(24)21-14-9-6-8-13(19)16(14)23(2)3)20-17-12-7-4-5-10-15(12)27(25,26)22-17/h4-11H,1-3H3,(H,20,22)(H,21,24)/t11-/m0/s1. The SMILES string of the molecule is C[C@H](N=C1NS(=O)(=O)c2ccccc21)C(=O)Nc1cccc(Cl)c1N(C)C. The summed E-state index contributed by atoms with van der Waals surface area (Å²) in [4.78, 5) is 18.8. The van der Waals surface area contributed by atoms with E-state index in [1.165, 1.54) is 6.07 Å². The topological polar surface area (TPSA) is 90.9 Å². The molecule has 3 rings (SSSR count). The minimum atomic E-state index is -3.65. The first-order valence-electron chi connectivity index (χ1n) is 8.17. The molecule has 1 atom stereocenters. The van der Waals surface area contributed by atoms with Gasteiger partial charge in [0.1, 0.15) is 11.9 Å². The van der Waals surface area contributed by atoms with Gasteiger partial charge in [-0.2, -0.15) is 0 Å². The van der Waals surface area contributed by atoms with Gasteiger partial charge in [0.25, 0.3) is 10.0 Å². The Hall–Kier alpha value is -2.58. The largest absolute Gasteiger partial charge is 0.375 e. The second-order valence-electron chi connectivity index (χ2n) is 6.28. The number of anilines is 2. The van der Waals surface area contributed by atoms with Gasteiger partial charge in [-0.05, 0) is 31.2 Å². The molecule has 1 aliphatic rings. The third-order valence-corrected chi connectivity index (χ3v) is 5.76. The van der Waals surface area contributed by atoms with Crippen LogP contribution in [0.3, 0.4) is 0 Å². The Balaban J connectivity index is 1.86. The highest BCUT2D eigenvalue weighted by Crippen LogP contribution is 2.32. The first-order valence-corrected chi connectivity index (χ1v) is 10.0.